The van der Waals surface area contributed by atoms with Crippen molar-refractivity contribution in [1.29, 1.82) is 0 Å². The number of aliphatic hydroxyl groups excluding tert-OH is 1. The van der Waals surface area contributed by atoms with Crippen LogP contribution in [0.5, 0.6) is 0 Å². The zero-order chi connectivity index (χ0) is 66.8. The monoisotopic (exact) mass is 1340 g/mol. The molecule has 0 saturated carbocycles. The Morgan fingerprint density at radius 1 is 0.319 bits per heavy atom. The molecule has 0 aliphatic heterocycles. The predicted octanol–water partition coefficient (Wildman–Crippen LogP) is 21.5. The Morgan fingerprint density at radius 2 is 0.538 bits per heavy atom. The first-order chi connectivity index (χ1) is 44.6. The number of carbonyl (C=O) groups is 4. The van der Waals surface area contributed by atoms with E-state index in [1.54, 1.807) is 0 Å². The molecular formula is C74H148N2O13P2. The molecule has 0 bridgehead atoms. The second kappa shape index (κ2) is 77.5. The molecule has 2 amide bonds. The molecule has 0 heterocycles. The van der Waals surface area contributed by atoms with E-state index < -0.39 is 48.6 Å². The number of aliphatic hydroxyl groups is 1. The first-order valence-corrected chi connectivity index (χ1v) is 40.8. The zero-order valence-corrected chi connectivity index (χ0v) is 61.8. The van der Waals surface area contributed by atoms with Gasteiger partial charge in [-0.25, -0.2) is 0 Å². The van der Waals surface area contributed by atoms with Crippen molar-refractivity contribution < 1.29 is 61.6 Å². The van der Waals surface area contributed by atoms with Crippen LogP contribution in [-0.2, 0) is 46.7 Å². The molecular weight excluding hydrogens is 1190 g/mol. The summed E-state index contributed by atoms with van der Waals surface area (Å²) >= 11 is 0. The van der Waals surface area contributed by atoms with E-state index in [0.29, 0.717) is 19.3 Å². The van der Waals surface area contributed by atoms with E-state index in [1.807, 2.05) is 0 Å². The fraction of sp³-hybridized carbons (Fsp3) is 0.946. The number of esters is 1. The summed E-state index contributed by atoms with van der Waals surface area (Å²) in [6, 6.07) is -1.43. The van der Waals surface area contributed by atoms with Gasteiger partial charge in [-0.05, 0) is 19.3 Å². The van der Waals surface area contributed by atoms with Crippen LogP contribution in [0, 0.1) is 0 Å². The zero-order valence-electron chi connectivity index (χ0n) is 60.0. The van der Waals surface area contributed by atoms with Crippen molar-refractivity contribution in [2.24, 2.45) is 0 Å². The summed E-state index contributed by atoms with van der Waals surface area (Å²) in [5, 5.41) is 16.1. The molecule has 17 heteroatoms. The minimum Gasteiger partial charge on any atom is -0.466 e. The molecule has 0 aliphatic carbocycles. The first kappa shape index (κ1) is 91.5. The highest BCUT2D eigenvalue weighted by Gasteiger charge is 2.22. The Morgan fingerprint density at radius 3 is 0.791 bits per heavy atom. The highest BCUT2D eigenvalue weighted by atomic mass is 31.2. The van der Waals surface area contributed by atoms with Gasteiger partial charge in [0.15, 0.2) is 0 Å². The lowest BCUT2D eigenvalue weighted by Crippen LogP contribution is -2.41. The smallest absolute Gasteiger partial charge is 0.330 e. The molecule has 5 unspecified atom stereocenters. The van der Waals surface area contributed by atoms with Gasteiger partial charge in [0.05, 0.1) is 38.5 Å². The number of nitrogens with one attached hydrogen (secondary N) is 2. The van der Waals surface area contributed by atoms with E-state index in [1.165, 1.54) is 276 Å². The molecule has 15 nitrogen and oxygen atoms in total. The molecule has 5 N–H and O–H groups in total. The number of carbonyl (C=O) groups excluding carboxylic acids is 4. The third-order valence-corrected chi connectivity index (χ3v) is 18.5. The molecule has 0 spiro atoms. The predicted molar refractivity (Wildman–Crippen MR) is 382 cm³/mol. The maximum absolute atomic E-state index is 13.0. The Kier molecular flexibility index (Phi) is 77.9. The third kappa shape index (κ3) is 75.7. The van der Waals surface area contributed by atoms with E-state index in [2.05, 4.69) is 45.3 Å². The number of amides is 2. The minimum atomic E-state index is -2.50. The van der Waals surface area contributed by atoms with Gasteiger partial charge >= 0.3 is 23.2 Å². The molecule has 91 heavy (non-hydrogen) atoms. The van der Waals surface area contributed by atoms with Crippen molar-refractivity contribution in [3.05, 3.63) is 0 Å². The number of hydrogen-bond donors (Lipinski definition) is 5. The highest BCUT2D eigenvalue weighted by Crippen LogP contribution is 2.35. The van der Waals surface area contributed by atoms with Crippen LogP contribution in [0.1, 0.15) is 394 Å². The van der Waals surface area contributed by atoms with Crippen molar-refractivity contribution >= 4 is 41.5 Å². The Labute approximate surface area is 563 Å². The summed E-state index contributed by atoms with van der Waals surface area (Å²) in [7, 11) is -4.98. The molecule has 5 atom stereocenters. The molecule has 0 rings (SSSR count). The van der Waals surface area contributed by atoms with Crippen LogP contribution in [0.3, 0.4) is 0 Å². The molecule has 0 saturated heterocycles. The second-order valence-corrected chi connectivity index (χ2v) is 28.2. The van der Waals surface area contributed by atoms with E-state index >= 15 is 0 Å². The third-order valence-electron chi connectivity index (χ3n) is 17.0. The Hall–Kier alpha value is -1.54. The largest absolute Gasteiger partial charge is 0.466 e. The van der Waals surface area contributed by atoms with Crippen molar-refractivity contribution in [2.45, 2.75) is 412 Å². The van der Waals surface area contributed by atoms with Crippen molar-refractivity contribution in [1.82, 2.24) is 10.6 Å². The molecule has 0 radical (unpaired) electrons. The van der Waals surface area contributed by atoms with Crippen LogP contribution in [0.4, 0.5) is 0 Å². The second-order valence-electron chi connectivity index (χ2n) is 26.2. The van der Waals surface area contributed by atoms with Crippen LogP contribution in [0.2, 0.25) is 0 Å². The van der Waals surface area contributed by atoms with Gasteiger partial charge in [0.2, 0.25) is 11.8 Å². The summed E-state index contributed by atoms with van der Waals surface area (Å²) in [4.78, 5) is 70.0. The van der Waals surface area contributed by atoms with Gasteiger partial charge < -0.3 is 53.1 Å². The number of unbranched alkanes of at least 4 members (excludes halogenated alkanes) is 49. The van der Waals surface area contributed by atoms with Gasteiger partial charge in [0.1, 0.15) is 19.3 Å². The number of rotatable bonds is 74. The molecule has 0 aromatic carbocycles. The van der Waals surface area contributed by atoms with E-state index in [-0.39, 0.29) is 50.7 Å². The van der Waals surface area contributed by atoms with Crippen LogP contribution in [0.25, 0.3) is 0 Å². The van der Waals surface area contributed by atoms with Gasteiger partial charge in [-0.3, -0.25) is 19.2 Å². The van der Waals surface area contributed by atoms with Crippen molar-refractivity contribution in [2.75, 3.05) is 39.6 Å². The summed E-state index contributed by atoms with van der Waals surface area (Å²) < 4.78 is 31.8. The van der Waals surface area contributed by atoms with E-state index in [9.17, 15) is 34.1 Å². The topological polar surface area (TPSA) is 208 Å². The van der Waals surface area contributed by atoms with Gasteiger partial charge in [0, 0.05) is 19.3 Å². The lowest BCUT2D eigenvalue weighted by atomic mass is 10.0. The lowest BCUT2D eigenvalue weighted by molar-refractivity contribution is -0.145. The molecule has 542 valence electrons. The summed E-state index contributed by atoms with van der Waals surface area (Å²) in [6.45, 7) is 10.1. The normalized spacial score (nSPS) is 13.1. The van der Waals surface area contributed by atoms with E-state index in [4.69, 9.17) is 27.6 Å². The number of ether oxygens (including phenoxy) is 2. The van der Waals surface area contributed by atoms with Crippen LogP contribution < -0.4 is 10.6 Å². The maximum atomic E-state index is 13.0. The van der Waals surface area contributed by atoms with Crippen LogP contribution in [0.15, 0.2) is 0 Å². The van der Waals surface area contributed by atoms with Crippen molar-refractivity contribution in [3.63, 3.8) is 0 Å². The molecule has 0 aromatic rings. The number of hydrogen-bond acceptors (Lipinski definition) is 13. The fourth-order valence-electron chi connectivity index (χ4n) is 11.2. The Balaban J connectivity index is 0. The summed E-state index contributed by atoms with van der Waals surface area (Å²) in [6.07, 6.45) is 67.2. The van der Waals surface area contributed by atoms with Crippen molar-refractivity contribution in [3.8, 4) is 0 Å². The van der Waals surface area contributed by atoms with Gasteiger partial charge in [-0.2, -0.15) is 0 Å². The maximum Gasteiger partial charge on any atom is 0.330 e. The van der Waals surface area contributed by atoms with E-state index in [0.717, 1.165) is 64.2 Å². The average Bonchev–Trinajstić information content (AvgIpc) is 3.57. The SMILES string of the molecule is CCCCCCCCCCCCCCCC.CCCCCCCCCCCCCCCC(=O)NC(COC=O)COP(O)OCC(O)COP(O)OCC(COC(=O)CCCCCCCCCCCCCCC)NC(=O)CCCCCCCCCCCCCCC. The molecule has 0 fully saturated rings. The van der Waals surface area contributed by atoms with Gasteiger partial charge in [-0.1, -0.05) is 356 Å². The lowest BCUT2D eigenvalue weighted by Gasteiger charge is -2.21. The summed E-state index contributed by atoms with van der Waals surface area (Å²) in [5.41, 5.74) is 0. The fourth-order valence-corrected chi connectivity index (χ4v) is 12.5. The first-order valence-electron chi connectivity index (χ1n) is 38.5. The minimum absolute atomic E-state index is 0.118. The Bertz CT molecular complexity index is 1480. The highest BCUT2D eigenvalue weighted by molar-refractivity contribution is 7.40. The van der Waals surface area contributed by atoms with Gasteiger partial charge in [0.25, 0.3) is 6.47 Å². The quantitative estimate of drug-likeness (QED) is 0.0166. The van der Waals surface area contributed by atoms with Crippen LogP contribution >= 0.6 is 17.2 Å². The van der Waals surface area contributed by atoms with Crippen LogP contribution in [-0.4, -0.2) is 97.0 Å². The molecule has 0 aromatic heterocycles. The molecule has 0 aliphatic rings. The average molecular weight is 1340 g/mol. The summed E-state index contributed by atoms with van der Waals surface area (Å²) in [5.74, 6) is -0.741. The van der Waals surface area contributed by atoms with Gasteiger partial charge in [-0.15, -0.1) is 0 Å². The standard InChI is InChI=1S/C58H114N2O13P2.C16H34/c1-4-7-10-13-16-19-22-25-28-31-34-37-40-43-56(63)59-53(46-68-52-61)48-70-74(66)72-50-55(62)51-73-75(67)71-49-54(60-57(64)44-41-38-35-32-29-26-23-20-17-14-11-8-5-2)47-69-58(65)45-42-39-36-33-30-27-24-21-18-15-12-9-6-3;1-3-5-7-9-11-13-15-16-14-12-10-8-6-4-2/h52-55,62,66-67H,4-51H2,1-3H3,(H,59,63)(H,60,64);3-16H2,1-2H3.